The molecule has 0 rings (SSSR count). The Balaban J connectivity index is 0. The van der Waals surface area contributed by atoms with Crippen molar-refractivity contribution < 1.29 is 5.11 Å². The second-order valence-corrected chi connectivity index (χ2v) is 2.56. The Morgan fingerprint density at radius 2 is 2.11 bits per heavy atom. The summed E-state index contributed by atoms with van der Waals surface area (Å²) in [6, 6.07) is 0. The third-order valence-electron chi connectivity index (χ3n) is 0.637. The van der Waals surface area contributed by atoms with E-state index in [0.717, 1.165) is 13.7 Å². The predicted octanol–water partition coefficient (Wildman–Crippen LogP) is 0.782. The lowest BCUT2D eigenvalue weighted by Gasteiger charge is -1.92. The maximum Gasteiger partial charge on any atom is 0.0319 e. The Morgan fingerprint density at radius 1 is 1.56 bits per heavy atom. The van der Waals surface area contributed by atoms with Crippen LogP contribution in [0.5, 0.6) is 0 Å². The third kappa shape index (κ3) is 17.7. The molecule has 0 heterocycles. The number of hydrogen-bond acceptors (Lipinski definition) is 4. The molecule has 0 fully saturated rings. The minimum Gasteiger partial charge on any atom is -0.400 e. The van der Waals surface area contributed by atoms with Gasteiger partial charge in [-0.25, -0.2) is 0 Å². The molecule has 0 unspecified atom stereocenters. The molecule has 2 N–H and O–H groups in total. The summed E-state index contributed by atoms with van der Waals surface area (Å²) < 4.78 is 2.78. The molecule has 0 amide bonds. The van der Waals surface area contributed by atoms with Gasteiger partial charge in [-0.2, -0.15) is 11.8 Å². The van der Waals surface area contributed by atoms with Gasteiger partial charge in [0.15, 0.2) is 0 Å². The largest absolute Gasteiger partial charge is 0.400 e. The first-order valence-corrected chi connectivity index (χ1v) is 4.56. The van der Waals surface area contributed by atoms with Crippen LogP contribution in [0.3, 0.4) is 0 Å². The number of aliphatic hydroxyl groups excluding tert-OH is 1. The second-order valence-electron chi connectivity index (χ2n) is 1.25. The van der Waals surface area contributed by atoms with E-state index in [0.29, 0.717) is 0 Å². The minimum atomic E-state index is 1.00. The summed E-state index contributed by atoms with van der Waals surface area (Å²) in [5, 5.41) is 7.00. The molecule has 0 aromatic heterocycles. The first-order valence-electron chi connectivity index (χ1n) is 2.72. The highest BCUT2D eigenvalue weighted by atomic mass is 32.2. The fraction of sp³-hybridized carbons (Fsp3) is 1.00. The van der Waals surface area contributed by atoms with Crippen LogP contribution < -0.4 is 4.72 Å². The SMILES string of the molecule is CO.CSCCCNS. The van der Waals surface area contributed by atoms with Gasteiger partial charge in [0.2, 0.25) is 0 Å². The highest BCUT2D eigenvalue weighted by molar-refractivity contribution is 7.98. The quantitative estimate of drug-likeness (QED) is 0.429. The van der Waals surface area contributed by atoms with Crippen LogP contribution in [-0.2, 0) is 0 Å². The molecule has 9 heavy (non-hydrogen) atoms. The lowest BCUT2D eigenvalue weighted by molar-refractivity contribution is 0.399. The molecule has 0 aromatic carbocycles. The summed E-state index contributed by atoms with van der Waals surface area (Å²) in [5.74, 6) is 1.23. The van der Waals surface area contributed by atoms with Crippen molar-refractivity contribution >= 4 is 24.6 Å². The average molecular weight is 169 g/mol. The Morgan fingerprint density at radius 3 is 2.44 bits per heavy atom. The van der Waals surface area contributed by atoms with Crippen LogP contribution in [0.1, 0.15) is 6.42 Å². The number of thioether (sulfide) groups is 1. The predicted molar refractivity (Wildman–Crippen MR) is 48.1 cm³/mol. The minimum absolute atomic E-state index is 1.00. The lowest BCUT2D eigenvalue weighted by atomic mass is 10.5. The van der Waals surface area contributed by atoms with E-state index in [1.54, 1.807) is 0 Å². The van der Waals surface area contributed by atoms with Crippen LogP contribution in [-0.4, -0.2) is 30.8 Å². The second kappa shape index (κ2) is 15.8. The number of nitrogens with one attached hydrogen (secondary N) is 1. The highest BCUT2D eigenvalue weighted by Crippen LogP contribution is 1.92. The molecule has 0 atom stereocenters. The highest BCUT2D eigenvalue weighted by Gasteiger charge is 1.79. The fourth-order valence-electron chi connectivity index (χ4n) is 0.296. The maximum atomic E-state index is 7.00. The van der Waals surface area contributed by atoms with Gasteiger partial charge in [-0.3, -0.25) is 4.72 Å². The van der Waals surface area contributed by atoms with E-state index in [1.807, 2.05) is 11.8 Å². The molecule has 0 aliphatic heterocycles. The van der Waals surface area contributed by atoms with Gasteiger partial charge in [-0.1, -0.05) is 12.8 Å². The standard InChI is InChI=1S/C4H11NS2.CH4O/c1-7-4-2-3-5-6;1-2/h5-6H,2-4H2,1H3;2H,1H3. The van der Waals surface area contributed by atoms with Crippen molar-refractivity contribution in [2.75, 3.05) is 25.7 Å². The van der Waals surface area contributed by atoms with Crippen molar-refractivity contribution in [2.24, 2.45) is 0 Å². The van der Waals surface area contributed by atoms with Gasteiger partial charge in [0.05, 0.1) is 0 Å². The monoisotopic (exact) mass is 169 g/mol. The van der Waals surface area contributed by atoms with E-state index in [-0.39, 0.29) is 0 Å². The molecule has 4 heteroatoms. The van der Waals surface area contributed by atoms with Crippen LogP contribution in [0.2, 0.25) is 0 Å². The van der Waals surface area contributed by atoms with Gasteiger partial charge >= 0.3 is 0 Å². The molecule has 0 saturated heterocycles. The number of aliphatic hydroxyl groups is 1. The molecular formula is C5H15NOS2. The molecule has 2 nitrogen and oxygen atoms in total. The van der Waals surface area contributed by atoms with E-state index in [1.165, 1.54) is 12.2 Å². The molecule has 0 bridgehead atoms. The molecule has 0 aromatic rings. The summed E-state index contributed by atoms with van der Waals surface area (Å²) in [7, 11) is 1.00. The summed E-state index contributed by atoms with van der Waals surface area (Å²) in [4.78, 5) is 0. The van der Waals surface area contributed by atoms with Gasteiger partial charge in [0, 0.05) is 13.7 Å². The number of hydrogen-bond donors (Lipinski definition) is 3. The van der Waals surface area contributed by atoms with Gasteiger partial charge in [0.25, 0.3) is 0 Å². The zero-order chi connectivity index (χ0) is 7.54. The molecular weight excluding hydrogens is 154 g/mol. The van der Waals surface area contributed by atoms with Gasteiger partial charge in [-0.15, -0.1) is 0 Å². The van der Waals surface area contributed by atoms with Crippen LogP contribution in [0, 0.1) is 0 Å². The van der Waals surface area contributed by atoms with Crippen LogP contribution in [0.25, 0.3) is 0 Å². The first-order chi connectivity index (χ1) is 4.41. The number of thiol groups is 1. The molecule has 0 aliphatic carbocycles. The van der Waals surface area contributed by atoms with E-state index in [4.69, 9.17) is 5.11 Å². The van der Waals surface area contributed by atoms with Crippen molar-refractivity contribution in [3.05, 3.63) is 0 Å². The number of rotatable bonds is 4. The normalized spacial score (nSPS) is 8.00. The zero-order valence-electron chi connectivity index (χ0n) is 5.92. The van der Waals surface area contributed by atoms with Crippen molar-refractivity contribution in [3.63, 3.8) is 0 Å². The van der Waals surface area contributed by atoms with Crippen molar-refractivity contribution in [2.45, 2.75) is 6.42 Å². The van der Waals surface area contributed by atoms with Crippen molar-refractivity contribution in [1.82, 2.24) is 4.72 Å². The summed E-state index contributed by atoms with van der Waals surface area (Å²) >= 11 is 5.70. The molecule has 0 spiro atoms. The molecule has 0 aliphatic rings. The average Bonchev–Trinajstić information content (AvgIpc) is 1.94. The maximum absolute atomic E-state index is 7.00. The zero-order valence-corrected chi connectivity index (χ0v) is 7.63. The molecule has 58 valence electrons. The fourth-order valence-corrected chi connectivity index (χ4v) is 0.887. The van der Waals surface area contributed by atoms with Crippen LogP contribution in [0.15, 0.2) is 0 Å². The van der Waals surface area contributed by atoms with Crippen molar-refractivity contribution in [3.8, 4) is 0 Å². The summed E-state index contributed by atoms with van der Waals surface area (Å²) in [6.07, 6.45) is 3.32. The van der Waals surface area contributed by atoms with Crippen LogP contribution in [0.4, 0.5) is 0 Å². The Hall–Kier alpha value is 0.620. The van der Waals surface area contributed by atoms with E-state index >= 15 is 0 Å². The lowest BCUT2D eigenvalue weighted by Crippen LogP contribution is -2.01. The van der Waals surface area contributed by atoms with Gasteiger partial charge in [0.1, 0.15) is 0 Å². The third-order valence-corrected chi connectivity index (χ3v) is 1.56. The van der Waals surface area contributed by atoms with Crippen LogP contribution >= 0.6 is 24.6 Å². The van der Waals surface area contributed by atoms with Gasteiger partial charge < -0.3 is 5.11 Å². The Labute approximate surface area is 67.0 Å². The molecule has 0 radical (unpaired) electrons. The molecule has 0 saturated carbocycles. The smallest absolute Gasteiger partial charge is 0.0319 e. The van der Waals surface area contributed by atoms with E-state index in [2.05, 4.69) is 23.8 Å². The summed E-state index contributed by atoms with van der Waals surface area (Å²) in [6.45, 7) is 1.02. The van der Waals surface area contributed by atoms with E-state index < -0.39 is 0 Å². The summed E-state index contributed by atoms with van der Waals surface area (Å²) in [5.41, 5.74) is 0. The van der Waals surface area contributed by atoms with Crippen molar-refractivity contribution in [1.29, 1.82) is 0 Å². The topological polar surface area (TPSA) is 32.3 Å². The van der Waals surface area contributed by atoms with Gasteiger partial charge in [-0.05, 0) is 18.4 Å². The Kier molecular flexibility index (Phi) is 21.7. The Bertz CT molecular complexity index is 34.1. The first kappa shape index (κ1) is 12.3. The van der Waals surface area contributed by atoms with E-state index in [9.17, 15) is 0 Å².